The minimum atomic E-state index is 0.0735. The van der Waals surface area contributed by atoms with Crippen molar-refractivity contribution in [2.24, 2.45) is 30.7 Å². The Morgan fingerprint density at radius 1 is 0.333 bits per heavy atom. The highest BCUT2D eigenvalue weighted by Crippen LogP contribution is 2.24. The molecule has 0 spiro atoms. The first-order valence-corrected chi connectivity index (χ1v) is 21.4. The molecule has 30 nitrogen and oxygen atoms in total. The largest absolute Gasteiger partial charge is 0.487 e. The van der Waals surface area contributed by atoms with Crippen molar-refractivity contribution in [2.75, 3.05) is 0 Å². The minimum absolute atomic E-state index is 0.0735. The summed E-state index contributed by atoms with van der Waals surface area (Å²) in [4.78, 5) is 16.9. The van der Waals surface area contributed by atoms with Gasteiger partial charge in [-0.2, -0.15) is 0 Å². The van der Waals surface area contributed by atoms with Gasteiger partial charge in [0, 0.05) is 29.5 Å². The Kier molecular flexibility index (Phi) is 17.6. The van der Waals surface area contributed by atoms with Gasteiger partial charge in [0.25, 0.3) is 0 Å². The highest BCUT2D eigenvalue weighted by molar-refractivity contribution is 5.37. The molecule has 0 aliphatic carbocycles. The van der Waals surface area contributed by atoms with Gasteiger partial charge in [-0.25, -0.2) is 14.0 Å². The molecule has 7 aromatic rings. The smallest absolute Gasteiger partial charge is 0.134 e. The van der Waals surface area contributed by atoms with Crippen LogP contribution in [0.2, 0.25) is 0 Å². The summed E-state index contributed by atoms with van der Waals surface area (Å²) in [5.74, 6) is 1.42. The van der Waals surface area contributed by atoms with Crippen LogP contribution in [0.5, 0.6) is 17.2 Å². The molecule has 0 aliphatic heterocycles. The first-order valence-electron chi connectivity index (χ1n) is 21.4. The van der Waals surface area contributed by atoms with E-state index < -0.39 is 0 Å². The van der Waals surface area contributed by atoms with Crippen molar-refractivity contribution in [1.82, 2.24) is 45.0 Å². The number of rotatable bonds is 27. The maximum atomic E-state index is 8.82. The predicted molar refractivity (Wildman–Crippen MR) is 253 cm³/mol. The molecular weight excluding hydrogens is 931 g/mol. The summed E-state index contributed by atoms with van der Waals surface area (Å²) in [5, 5.41) is 47.8. The first kappa shape index (κ1) is 49.5. The van der Waals surface area contributed by atoms with E-state index in [0.717, 1.165) is 16.7 Å². The zero-order valence-electron chi connectivity index (χ0n) is 37.9. The molecule has 72 heavy (non-hydrogen) atoms. The zero-order chi connectivity index (χ0) is 50.3. The van der Waals surface area contributed by atoms with Gasteiger partial charge in [-0.3, -0.25) is 0 Å². The van der Waals surface area contributed by atoms with Crippen molar-refractivity contribution in [1.29, 1.82) is 0 Å². The number of hydrogen-bond donors (Lipinski definition) is 0. The van der Waals surface area contributed by atoms with Gasteiger partial charge >= 0.3 is 0 Å². The standard InChI is InChI=1S/C42H39N27O3/c43-58-49-13-28-1-29(14-50-59-44)8-40(7-28)70-25-37-22-67(64-55-37)19-34-4-35(20-68-23-38(56-65-68)26-71-41-9-30(15-51-60-45)2-31(10-41)16-52-61-46)6-36(5-34)21-69-24-39(57-66-69)27-72-42-11-32(17-53-62-47)3-33(12-42)18-54-63-48/h1-12,22-24H,13-21,25-27H2. The second-order valence-electron chi connectivity index (χ2n) is 15.5. The van der Waals surface area contributed by atoms with Crippen LogP contribution in [0.4, 0.5) is 0 Å². The summed E-state index contributed by atoms with van der Waals surface area (Å²) >= 11 is 0. The van der Waals surface area contributed by atoms with Crippen LogP contribution < -0.4 is 14.2 Å². The molecule has 30 heteroatoms. The van der Waals surface area contributed by atoms with Crippen LogP contribution in [0.15, 0.2) is 122 Å². The maximum Gasteiger partial charge on any atom is 0.134 e. The Morgan fingerprint density at radius 3 is 0.778 bits per heavy atom. The van der Waals surface area contributed by atoms with Gasteiger partial charge in [0.05, 0.1) is 77.5 Å². The van der Waals surface area contributed by atoms with E-state index >= 15 is 0 Å². The van der Waals surface area contributed by atoms with E-state index in [-0.39, 0.29) is 59.1 Å². The highest BCUT2D eigenvalue weighted by Gasteiger charge is 2.12. The lowest BCUT2D eigenvalue weighted by molar-refractivity contribution is 0.300. The average Bonchev–Trinajstić information content (AvgIpc) is 4.17. The lowest BCUT2D eigenvalue weighted by Gasteiger charge is -2.11. The quantitative estimate of drug-likeness (QED) is 0.0268. The fraction of sp³-hybridized carbons (Fsp3) is 0.286. The van der Waals surface area contributed by atoms with E-state index in [0.29, 0.717) is 87.3 Å². The zero-order valence-corrected chi connectivity index (χ0v) is 37.9. The normalized spacial score (nSPS) is 10.3. The summed E-state index contributed by atoms with van der Waals surface area (Å²) in [6.45, 7) is 1.76. The lowest BCUT2D eigenvalue weighted by Crippen LogP contribution is -2.08. The van der Waals surface area contributed by atoms with Crippen LogP contribution in [0.25, 0.3) is 62.7 Å². The molecular formula is C42H39N27O3. The topological polar surface area (TPSA) is 412 Å². The van der Waals surface area contributed by atoms with E-state index in [1.165, 1.54) is 0 Å². The predicted octanol–water partition coefficient (Wildman–Crippen LogP) is 10.2. The van der Waals surface area contributed by atoms with Crippen molar-refractivity contribution < 1.29 is 14.2 Å². The number of hydrogen-bond acceptors (Lipinski definition) is 15. The van der Waals surface area contributed by atoms with Gasteiger partial charge < -0.3 is 14.2 Å². The molecule has 4 aromatic carbocycles. The molecule has 0 saturated heterocycles. The number of nitrogens with zero attached hydrogens (tertiary/aromatic N) is 27. The van der Waals surface area contributed by atoms with E-state index in [1.807, 2.05) is 18.2 Å². The second kappa shape index (κ2) is 25.6. The monoisotopic (exact) mass is 969 g/mol. The van der Waals surface area contributed by atoms with Gasteiger partial charge in [0.15, 0.2) is 0 Å². The second-order valence-corrected chi connectivity index (χ2v) is 15.5. The van der Waals surface area contributed by atoms with Crippen molar-refractivity contribution in [3.05, 3.63) is 221 Å². The summed E-state index contributed by atoms with van der Waals surface area (Å²) in [6, 6.07) is 21.8. The third-order valence-electron chi connectivity index (χ3n) is 10.0. The Bertz CT molecular complexity index is 2850. The summed E-state index contributed by atoms with van der Waals surface area (Å²) in [6.07, 6.45) is 5.30. The van der Waals surface area contributed by atoms with Gasteiger partial charge in [-0.15, -0.1) is 15.3 Å². The first-order chi connectivity index (χ1) is 35.3. The molecule has 0 saturated carbocycles. The van der Waals surface area contributed by atoms with Crippen molar-refractivity contribution >= 4 is 0 Å². The molecule has 0 atom stereocenters. The molecule has 0 N–H and O–H groups in total. The molecule has 0 bridgehead atoms. The number of aromatic nitrogens is 9. The number of ether oxygens (including phenoxy) is 3. The third kappa shape index (κ3) is 15.3. The van der Waals surface area contributed by atoms with Crippen molar-refractivity contribution in [3.63, 3.8) is 0 Å². The molecule has 7 rings (SSSR count). The van der Waals surface area contributed by atoms with Gasteiger partial charge in [-0.1, -0.05) is 82.7 Å². The van der Waals surface area contributed by atoms with E-state index in [2.05, 4.69) is 91.1 Å². The van der Waals surface area contributed by atoms with E-state index in [1.54, 1.807) is 87.2 Å². The highest BCUT2D eigenvalue weighted by atomic mass is 16.5. The lowest BCUT2D eigenvalue weighted by atomic mass is 10.1. The molecule has 0 radical (unpaired) electrons. The molecule has 3 aromatic heterocycles. The molecule has 3 heterocycles. The van der Waals surface area contributed by atoms with Crippen LogP contribution in [-0.4, -0.2) is 45.0 Å². The van der Waals surface area contributed by atoms with Crippen LogP contribution in [-0.2, 0) is 78.7 Å². The Hall–Kier alpha value is -10.4. The number of benzene rings is 4. The summed E-state index contributed by atoms with van der Waals surface area (Å²) < 4.78 is 23.2. The van der Waals surface area contributed by atoms with Crippen LogP contribution in [0.1, 0.15) is 67.2 Å². The van der Waals surface area contributed by atoms with Gasteiger partial charge in [0.2, 0.25) is 0 Å². The Balaban J connectivity index is 1.08. The molecule has 0 fully saturated rings. The number of azide groups is 6. The fourth-order valence-electron chi connectivity index (χ4n) is 7.26. The van der Waals surface area contributed by atoms with Crippen molar-refractivity contribution in [2.45, 2.75) is 78.7 Å². The molecule has 0 aliphatic rings. The van der Waals surface area contributed by atoms with Crippen LogP contribution >= 0.6 is 0 Å². The minimum Gasteiger partial charge on any atom is -0.487 e. The van der Waals surface area contributed by atoms with Crippen LogP contribution in [0, 0.1) is 0 Å². The van der Waals surface area contributed by atoms with E-state index in [4.69, 9.17) is 47.4 Å². The van der Waals surface area contributed by atoms with Gasteiger partial charge in [-0.05, 0) is 120 Å². The maximum absolute atomic E-state index is 8.82. The average molecular weight is 970 g/mol. The van der Waals surface area contributed by atoms with Crippen molar-refractivity contribution in [3.8, 4) is 17.2 Å². The Labute approximate surface area is 406 Å². The summed E-state index contributed by atoms with van der Waals surface area (Å²) in [5.41, 5.74) is 61.3. The van der Waals surface area contributed by atoms with Gasteiger partial charge in [0.1, 0.15) is 54.2 Å². The summed E-state index contributed by atoms with van der Waals surface area (Å²) in [7, 11) is 0. The fourth-order valence-corrected chi connectivity index (χ4v) is 7.26. The molecule has 0 amide bonds. The molecule has 0 unspecified atom stereocenters. The molecule has 360 valence electrons. The third-order valence-corrected chi connectivity index (χ3v) is 10.0. The van der Waals surface area contributed by atoms with Crippen LogP contribution in [0.3, 0.4) is 0 Å². The van der Waals surface area contributed by atoms with E-state index in [9.17, 15) is 0 Å². The SMILES string of the molecule is [N-]=[N+]=NCc1cc(CN=[N+]=[N-])cc(OCc2cn(Cc3cc(Cn4cc(COc5cc(CN=[N+]=[N-])cc(CN=[N+]=[N-])c5)nn4)cc(Cn4cc(COc5cc(CN=[N+]=[N-])cc(CN=[N+]=[N-])c5)nn4)c3)nn2)c1. The Morgan fingerprint density at radius 2 is 0.556 bits per heavy atom.